The molecule has 0 spiro atoms. The average molecular weight is 368 g/mol. The van der Waals surface area contributed by atoms with Crippen LogP contribution in [0.25, 0.3) is 11.1 Å². The molecule has 2 aromatic heterocycles. The van der Waals surface area contributed by atoms with Crippen molar-refractivity contribution in [2.45, 2.75) is 44.4 Å². The number of anilines is 1. The number of aromatic nitrogens is 2. The van der Waals surface area contributed by atoms with Crippen LogP contribution in [0.1, 0.15) is 64.8 Å². The van der Waals surface area contributed by atoms with Crippen LogP contribution < -0.4 is 5.32 Å². The fraction of sp³-hybridized carbons (Fsp3) is 0.350. The lowest BCUT2D eigenvalue weighted by Gasteiger charge is -2.09. The monoisotopic (exact) mass is 367 g/mol. The zero-order valence-electron chi connectivity index (χ0n) is 14.4. The summed E-state index contributed by atoms with van der Waals surface area (Å²) >= 11 is 6.18. The molecule has 5 rings (SSSR count). The topological polar surface area (TPSA) is 68.0 Å². The van der Waals surface area contributed by atoms with E-state index in [1.165, 1.54) is 0 Å². The van der Waals surface area contributed by atoms with Crippen molar-refractivity contribution >= 4 is 34.3 Å². The minimum absolute atomic E-state index is 0.177. The van der Waals surface area contributed by atoms with Crippen LogP contribution in [0.2, 0.25) is 5.02 Å². The van der Waals surface area contributed by atoms with E-state index < -0.39 is 0 Å². The molecule has 5 nitrogen and oxygen atoms in total. The summed E-state index contributed by atoms with van der Waals surface area (Å²) in [5.41, 5.74) is 4.50. The van der Waals surface area contributed by atoms with Crippen LogP contribution in [0.4, 0.5) is 5.69 Å². The first kappa shape index (κ1) is 15.8. The van der Waals surface area contributed by atoms with Gasteiger partial charge in [-0.15, -0.1) is 0 Å². The van der Waals surface area contributed by atoms with Crippen LogP contribution in [0, 0.1) is 6.92 Å². The number of hydrogen-bond donors (Lipinski definition) is 1. The van der Waals surface area contributed by atoms with Crippen LogP contribution >= 0.6 is 11.6 Å². The van der Waals surface area contributed by atoms with E-state index in [0.717, 1.165) is 48.0 Å². The van der Waals surface area contributed by atoms with Crippen molar-refractivity contribution in [2.24, 2.45) is 0 Å². The van der Waals surface area contributed by atoms with Gasteiger partial charge in [-0.1, -0.05) is 22.8 Å². The maximum absolute atomic E-state index is 13.1. The first-order valence-corrected chi connectivity index (χ1v) is 9.35. The zero-order chi connectivity index (χ0) is 17.8. The number of hydrogen-bond acceptors (Lipinski definition) is 4. The molecule has 0 bridgehead atoms. The molecule has 6 heteroatoms. The molecule has 2 aliphatic carbocycles. The van der Waals surface area contributed by atoms with E-state index in [1.54, 1.807) is 6.07 Å². The first-order chi connectivity index (χ1) is 12.6. The summed E-state index contributed by atoms with van der Waals surface area (Å²) < 4.78 is 5.48. The minimum Gasteiger partial charge on any atom is -0.335 e. The summed E-state index contributed by atoms with van der Waals surface area (Å²) in [5.74, 6) is 0.628. The molecule has 26 heavy (non-hydrogen) atoms. The van der Waals surface area contributed by atoms with Gasteiger partial charge < -0.3 is 9.84 Å². The third kappa shape index (κ3) is 2.76. The van der Waals surface area contributed by atoms with Gasteiger partial charge in [0.15, 0.2) is 0 Å². The van der Waals surface area contributed by atoms with Gasteiger partial charge in [-0.3, -0.25) is 4.79 Å². The highest BCUT2D eigenvalue weighted by molar-refractivity contribution is 6.31. The third-order valence-electron chi connectivity index (χ3n) is 5.13. The quantitative estimate of drug-likeness (QED) is 0.688. The number of carbonyl (C=O) groups is 1. The Labute approximate surface area is 155 Å². The number of benzene rings is 1. The molecule has 2 aliphatic rings. The molecule has 0 saturated heterocycles. The summed E-state index contributed by atoms with van der Waals surface area (Å²) in [5, 5.41) is 8.56. The van der Waals surface area contributed by atoms with Crippen molar-refractivity contribution in [3.63, 3.8) is 0 Å². The van der Waals surface area contributed by atoms with Crippen LogP contribution in [-0.4, -0.2) is 16.0 Å². The van der Waals surface area contributed by atoms with Gasteiger partial charge in [-0.2, -0.15) is 0 Å². The lowest BCUT2D eigenvalue weighted by molar-refractivity contribution is 0.102. The standard InChI is InChI=1S/C20H18ClN3O2/c1-10-2-7-13(8-15(10)21)22-19(25)14-9-16(11-3-4-11)23-20-17(14)18(24-26-20)12-5-6-12/h2,7-9,11-12H,3-6H2,1H3,(H,22,25). The van der Waals surface area contributed by atoms with E-state index in [9.17, 15) is 4.79 Å². The molecule has 3 aromatic rings. The predicted molar refractivity (Wildman–Crippen MR) is 99.9 cm³/mol. The first-order valence-electron chi connectivity index (χ1n) is 8.98. The Morgan fingerprint density at radius 3 is 2.65 bits per heavy atom. The highest BCUT2D eigenvalue weighted by Crippen LogP contribution is 2.45. The number of halogens is 1. The van der Waals surface area contributed by atoms with Gasteiger partial charge in [0.05, 0.1) is 16.6 Å². The van der Waals surface area contributed by atoms with Gasteiger partial charge in [0, 0.05) is 28.2 Å². The van der Waals surface area contributed by atoms with E-state index in [0.29, 0.717) is 33.8 Å². The molecule has 0 radical (unpaired) electrons. The fourth-order valence-electron chi connectivity index (χ4n) is 3.26. The van der Waals surface area contributed by atoms with E-state index in [2.05, 4.69) is 15.5 Å². The van der Waals surface area contributed by atoms with E-state index in [1.807, 2.05) is 25.1 Å². The Morgan fingerprint density at radius 1 is 1.19 bits per heavy atom. The summed E-state index contributed by atoms with van der Waals surface area (Å²) in [4.78, 5) is 17.7. The number of nitrogens with one attached hydrogen (secondary N) is 1. The SMILES string of the molecule is Cc1ccc(NC(=O)c2cc(C3CC3)nc3onc(C4CC4)c23)cc1Cl. The molecular weight excluding hydrogens is 350 g/mol. The highest BCUT2D eigenvalue weighted by Gasteiger charge is 2.34. The summed E-state index contributed by atoms with van der Waals surface area (Å²) in [6.45, 7) is 1.93. The molecule has 132 valence electrons. The minimum atomic E-state index is -0.177. The van der Waals surface area contributed by atoms with Gasteiger partial charge in [0.2, 0.25) is 0 Å². The number of carbonyl (C=O) groups excluding carboxylic acids is 1. The van der Waals surface area contributed by atoms with Crippen LogP contribution in [0.5, 0.6) is 0 Å². The zero-order valence-corrected chi connectivity index (χ0v) is 15.1. The number of pyridine rings is 1. The van der Waals surface area contributed by atoms with Crippen molar-refractivity contribution < 1.29 is 9.32 Å². The number of amides is 1. The van der Waals surface area contributed by atoms with E-state index >= 15 is 0 Å². The largest absolute Gasteiger partial charge is 0.335 e. The van der Waals surface area contributed by atoms with Crippen molar-refractivity contribution in [3.8, 4) is 0 Å². The maximum atomic E-state index is 13.1. The second-order valence-corrected chi connectivity index (χ2v) is 7.72. The van der Waals surface area contributed by atoms with Crippen LogP contribution in [-0.2, 0) is 0 Å². The summed E-state index contributed by atoms with van der Waals surface area (Å²) in [6, 6.07) is 7.43. The summed E-state index contributed by atoms with van der Waals surface area (Å²) in [7, 11) is 0. The molecule has 1 amide bonds. The number of fused-ring (bicyclic) bond motifs is 1. The molecule has 2 saturated carbocycles. The van der Waals surface area contributed by atoms with E-state index in [-0.39, 0.29) is 5.91 Å². The van der Waals surface area contributed by atoms with Crippen molar-refractivity contribution in [1.29, 1.82) is 0 Å². The van der Waals surface area contributed by atoms with Gasteiger partial charge in [0.1, 0.15) is 0 Å². The molecule has 1 N–H and O–H groups in total. The third-order valence-corrected chi connectivity index (χ3v) is 5.53. The van der Waals surface area contributed by atoms with Gasteiger partial charge in [-0.25, -0.2) is 4.98 Å². The molecule has 0 unspecified atom stereocenters. The maximum Gasteiger partial charge on any atom is 0.259 e. The Morgan fingerprint density at radius 2 is 1.96 bits per heavy atom. The Bertz CT molecular complexity index is 1030. The molecule has 2 heterocycles. The van der Waals surface area contributed by atoms with Gasteiger partial charge in [-0.05, 0) is 56.4 Å². The highest BCUT2D eigenvalue weighted by atomic mass is 35.5. The second-order valence-electron chi connectivity index (χ2n) is 7.31. The van der Waals surface area contributed by atoms with Gasteiger partial charge >= 0.3 is 0 Å². The Balaban J connectivity index is 1.58. The average Bonchev–Trinajstić information content (AvgIpc) is 3.54. The summed E-state index contributed by atoms with van der Waals surface area (Å²) in [6.07, 6.45) is 4.38. The Kier molecular flexibility index (Phi) is 3.54. The Hall–Kier alpha value is -2.40. The molecule has 1 aromatic carbocycles. The van der Waals surface area contributed by atoms with Crippen molar-refractivity contribution in [3.05, 3.63) is 51.8 Å². The van der Waals surface area contributed by atoms with Crippen molar-refractivity contribution in [1.82, 2.24) is 10.1 Å². The molecule has 2 fully saturated rings. The normalized spacial score (nSPS) is 16.8. The molecule has 0 aliphatic heterocycles. The lowest BCUT2D eigenvalue weighted by atomic mass is 10.0. The van der Waals surface area contributed by atoms with Crippen molar-refractivity contribution in [2.75, 3.05) is 5.32 Å². The predicted octanol–water partition coefficient (Wildman–Crippen LogP) is 5.19. The van der Waals surface area contributed by atoms with Crippen LogP contribution in [0.3, 0.4) is 0 Å². The lowest BCUT2D eigenvalue weighted by Crippen LogP contribution is -2.13. The second kappa shape index (κ2) is 5.81. The van der Waals surface area contributed by atoms with Gasteiger partial charge in [0.25, 0.3) is 11.6 Å². The fourth-order valence-corrected chi connectivity index (χ4v) is 3.44. The smallest absolute Gasteiger partial charge is 0.259 e. The number of aryl methyl sites for hydroxylation is 1. The number of rotatable bonds is 4. The molecule has 0 atom stereocenters. The molecular formula is C20H18ClN3O2. The van der Waals surface area contributed by atoms with Crippen LogP contribution in [0.15, 0.2) is 28.8 Å². The van der Waals surface area contributed by atoms with E-state index in [4.69, 9.17) is 16.1 Å². The number of nitrogens with zero attached hydrogens (tertiary/aromatic N) is 2.